The Labute approximate surface area is 107 Å². The van der Waals surface area contributed by atoms with Crippen molar-refractivity contribution in [3.63, 3.8) is 0 Å². The van der Waals surface area contributed by atoms with Crippen molar-refractivity contribution in [2.45, 2.75) is 11.9 Å². The maximum Gasteiger partial charge on any atom is 0.132 e. The molecule has 2 aromatic heterocycles. The molecule has 0 fully saturated rings. The van der Waals surface area contributed by atoms with E-state index in [9.17, 15) is 0 Å². The SMILES string of the molecule is CN(Cc1cscn1)c1ncccc1CBr. The number of aromatic nitrogens is 2. The van der Waals surface area contributed by atoms with Crippen LogP contribution in [0.2, 0.25) is 0 Å². The summed E-state index contributed by atoms with van der Waals surface area (Å²) in [6.07, 6.45) is 1.82. The van der Waals surface area contributed by atoms with Gasteiger partial charge in [0.25, 0.3) is 0 Å². The van der Waals surface area contributed by atoms with Crippen LogP contribution >= 0.6 is 27.3 Å². The number of pyridine rings is 1. The van der Waals surface area contributed by atoms with Crippen LogP contribution in [0.3, 0.4) is 0 Å². The Kier molecular flexibility index (Phi) is 3.90. The number of rotatable bonds is 4. The molecule has 2 aromatic rings. The van der Waals surface area contributed by atoms with Crippen LogP contribution in [0.25, 0.3) is 0 Å². The fourth-order valence-corrected chi connectivity index (χ4v) is 2.50. The molecular weight excluding hydrogens is 286 g/mol. The molecular formula is C11H12BrN3S. The lowest BCUT2D eigenvalue weighted by Crippen LogP contribution is -2.19. The fourth-order valence-electron chi connectivity index (χ4n) is 1.51. The molecule has 16 heavy (non-hydrogen) atoms. The second-order valence-corrected chi connectivity index (χ2v) is 4.74. The summed E-state index contributed by atoms with van der Waals surface area (Å²) in [4.78, 5) is 10.8. The summed E-state index contributed by atoms with van der Waals surface area (Å²) in [5.41, 5.74) is 4.13. The van der Waals surface area contributed by atoms with Crippen molar-refractivity contribution in [2.75, 3.05) is 11.9 Å². The molecule has 0 aliphatic carbocycles. The van der Waals surface area contributed by atoms with Crippen molar-refractivity contribution in [3.05, 3.63) is 40.5 Å². The standard InChI is InChI=1S/C11H12BrN3S/c1-15(6-10-7-16-8-14-10)11-9(5-12)3-2-4-13-11/h2-4,7-8H,5-6H2,1H3. The molecule has 0 radical (unpaired) electrons. The van der Waals surface area contributed by atoms with Crippen LogP contribution in [-0.2, 0) is 11.9 Å². The highest BCUT2D eigenvalue weighted by molar-refractivity contribution is 9.08. The zero-order valence-corrected chi connectivity index (χ0v) is 11.3. The first-order valence-corrected chi connectivity index (χ1v) is 6.95. The molecule has 0 unspecified atom stereocenters. The van der Waals surface area contributed by atoms with Crippen LogP contribution in [0.15, 0.2) is 29.2 Å². The minimum atomic E-state index is 0.792. The Balaban J connectivity index is 2.17. The summed E-state index contributed by atoms with van der Waals surface area (Å²) in [5, 5.41) is 2.88. The van der Waals surface area contributed by atoms with Gasteiger partial charge in [0.1, 0.15) is 5.82 Å². The molecule has 0 saturated heterocycles. The summed E-state index contributed by atoms with van der Waals surface area (Å²) in [6, 6.07) is 4.03. The molecule has 2 rings (SSSR count). The van der Waals surface area contributed by atoms with Gasteiger partial charge in [-0.1, -0.05) is 22.0 Å². The molecule has 0 bridgehead atoms. The van der Waals surface area contributed by atoms with Gasteiger partial charge in [-0.2, -0.15) is 0 Å². The van der Waals surface area contributed by atoms with Crippen LogP contribution in [0, 0.1) is 0 Å². The van der Waals surface area contributed by atoms with E-state index in [-0.39, 0.29) is 0 Å². The zero-order valence-electron chi connectivity index (χ0n) is 8.93. The Morgan fingerprint density at radius 2 is 2.31 bits per heavy atom. The highest BCUT2D eigenvalue weighted by atomic mass is 79.9. The molecule has 2 heterocycles. The number of halogens is 1. The number of anilines is 1. The van der Waals surface area contributed by atoms with Crippen molar-refractivity contribution >= 4 is 33.1 Å². The van der Waals surface area contributed by atoms with Crippen molar-refractivity contribution < 1.29 is 0 Å². The minimum Gasteiger partial charge on any atom is -0.353 e. The van der Waals surface area contributed by atoms with Gasteiger partial charge in [0, 0.05) is 29.5 Å². The first-order chi connectivity index (χ1) is 7.81. The molecule has 0 aliphatic rings. The second-order valence-electron chi connectivity index (χ2n) is 3.46. The molecule has 0 saturated carbocycles. The van der Waals surface area contributed by atoms with E-state index in [4.69, 9.17) is 0 Å². The summed E-state index contributed by atoms with van der Waals surface area (Å²) in [7, 11) is 2.04. The molecule has 84 valence electrons. The normalized spacial score (nSPS) is 10.4. The molecule has 5 heteroatoms. The molecule has 0 atom stereocenters. The Morgan fingerprint density at radius 1 is 1.44 bits per heavy atom. The predicted molar refractivity (Wildman–Crippen MR) is 71.1 cm³/mol. The topological polar surface area (TPSA) is 29.0 Å². The third-order valence-electron chi connectivity index (χ3n) is 2.26. The van der Waals surface area contributed by atoms with Gasteiger partial charge in [0.05, 0.1) is 17.7 Å². The van der Waals surface area contributed by atoms with Gasteiger partial charge in [0.15, 0.2) is 0 Å². The van der Waals surface area contributed by atoms with Crippen molar-refractivity contribution in [1.82, 2.24) is 9.97 Å². The summed E-state index contributed by atoms with van der Waals surface area (Å²) in [5.74, 6) is 1.01. The molecule has 0 N–H and O–H groups in total. The quantitative estimate of drug-likeness (QED) is 0.812. The highest BCUT2D eigenvalue weighted by Gasteiger charge is 2.08. The van der Waals surface area contributed by atoms with Crippen molar-refractivity contribution in [2.24, 2.45) is 0 Å². The van der Waals surface area contributed by atoms with Crippen LogP contribution in [0.5, 0.6) is 0 Å². The van der Waals surface area contributed by atoms with Gasteiger partial charge in [0.2, 0.25) is 0 Å². The van der Waals surface area contributed by atoms with Gasteiger partial charge < -0.3 is 4.90 Å². The van der Waals surface area contributed by atoms with Crippen LogP contribution in [0.4, 0.5) is 5.82 Å². The van der Waals surface area contributed by atoms with E-state index in [1.807, 2.05) is 24.8 Å². The average molecular weight is 298 g/mol. The third kappa shape index (κ3) is 2.59. The monoisotopic (exact) mass is 297 g/mol. The Hall–Kier alpha value is -0.940. The van der Waals surface area contributed by atoms with Gasteiger partial charge >= 0.3 is 0 Å². The lowest BCUT2D eigenvalue weighted by Gasteiger charge is -2.19. The lowest BCUT2D eigenvalue weighted by molar-refractivity contribution is 0.867. The first-order valence-electron chi connectivity index (χ1n) is 4.89. The molecule has 3 nitrogen and oxygen atoms in total. The Bertz CT molecular complexity index is 444. The van der Waals surface area contributed by atoms with Crippen molar-refractivity contribution in [3.8, 4) is 0 Å². The number of nitrogens with zero attached hydrogens (tertiary/aromatic N) is 3. The predicted octanol–water partition coefficient (Wildman–Crippen LogP) is 3.07. The van der Waals surface area contributed by atoms with Gasteiger partial charge in [-0.25, -0.2) is 9.97 Å². The van der Waals surface area contributed by atoms with Crippen LogP contribution in [-0.4, -0.2) is 17.0 Å². The van der Waals surface area contributed by atoms with Gasteiger partial charge in [-0.15, -0.1) is 11.3 Å². The highest BCUT2D eigenvalue weighted by Crippen LogP contribution is 2.20. The van der Waals surface area contributed by atoms with E-state index >= 15 is 0 Å². The molecule has 0 aromatic carbocycles. The summed E-state index contributed by atoms with van der Waals surface area (Å²) >= 11 is 5.09. The van der Waals surface area contributed by atoms with E-state index < -0.39 is 0 Å². The lowest BCUT2D eigenvalue weighted by atomic mass is 10.2. The fraction of sp³-hybridized carbons (Fsp3) is 0.273. The number of hydrogen-bond donors (Lipinski definition) is 0. The summed E-state index contributed by atoms with van der Waals surface area (Å²) in [6.45, 7) is 0.792. The molecule has 0 amide bonds. The smallest absolute Gasteiger partial charge is 0.132 e. The van der Waals surface area contributed by atoms with E-state index in [0.717, 1.165) is 23.4 Å². The van der Waals surface area contributed by atoms with E-state index in [1.165, 1.54) is 5.56 Å². The number of alkyl halides is 1. The maximum absolute atomic E-state index is 4.40. The Morgan fingerprint density at radius 3 is 3.00 bits per heavy atom. The molecule has 0 aliphatic heterocycles. The van der Waals surface area contributed by atoms with Crippen molar-refractivity contribution in [1.29, 1.82) is 0 Å². The first kappa shape index (κ1) is 11.5. The summed E-state index contributed by atoms with van der Waals surface area (Å²) < 4.78 is 0. The largest absolute Gasteiger partial charge is 0.353 e. The van der Waals surface area contributed by atoms with E-state index in [0.29, 0.717) is 0 Å². The van der Waals surface area contributed by atoms with Crippen LogP contribution in [0.1, 0.15) is 11.3 Å². The second kappa shape index (κ2) is 5.41. The third-order valence-corrected chi connectivity index (χ3v) is 3.50. The van der Waals surface area contributed by atoms with Gasteiger partial charge in [-0.3, -0.25) is 0 Å². The number of thiazole rings is 1. The molecule has 0 spiro atoms. The average Bonchev–Trinajstić information content (AvgIpc) is 2.81. The number of hydrogen-bond acceptors (Lipinski definition) is 4. The van der Waals surface area contributed by atoms with Gasteiger partial charge in [-0.05, 0) is 6.07 Å². The van der Waals surface area contributed by atoms with E-state index in [2.05, 4.69) is 42.2 Å². The maximum atomic E-state index is 4.40. The zero-order chi connectivity index (χ0) is 11.4. The van der Waals surface area contributed by atoms with Crippen LogP contribution < -0.4 is 4.90 Å². The van der Waals surface area contributed by atoms with E-state index in [1.54, 1.807) is 11.3 Å². The minimum absolute atomic E-state index is 0.792.